The summed E-state index contributed by atoms with van der Waals surface area (Å²) < 4.78 is 4.87. The standard InChI is InChI=1S/C13H18N2O4/c16-11(15-5-2-1-3-6-15)9-14-8-10-4-7-19-12(10)13(17)18/h4,7,14H,1-3,5-6,8-9H2,(H,17,18). The average molecular weight is 266 g/mol. The molecule has 1 aliphatic rings. The second-order valence-electron chi connectivity index (χ2n) is 4.63. The molecule has 2 N–H and O–H groups in total. The topological polar surface area (TPSA) is 82.8 Å². The van der Waals surface area contributed by atoms with Crippen LogP contribution in [-0.4, -0.2) is 41.5 Å². The number of furan rings is 1. The van der Waals surface area contributed by atoms with E-state index in [1.807, 2.05) is 4.90 Å². The summed E-state index contributed by atoms with van der Waals surface area (Å²) in [6.07, 6.45) is 4.66. The van der Waals surface area contributed by atoms with Crippen LogP contribution in [0.1, 0.15) is 35.4 Å². The average Bonchev–Trinajstić information content (AvgIpc) is 2.88. The van der Waals surface area contributed by atoms with Gasteiger partial charge in [-0.3, -0.25) is 4.79 Å². The van der Waals surface area contributed by atoms with E-state index in [4.69, 9.17) is 9.52 Å². The second kappa shape index (κ2) is 6.38. The largest absolute Gasteiger partial charge is 0.475 e. The molecule has 1 fully saturated rings. The molecule has 0 aliphatic carbocycles. The fourth-order valence-corrected chi connectivity index (χ4v) is 2.22. The number of carboxylic acids is 1. The van der Waals surface area contributed by atoms with Gasteiger partial charge in [0.05, 0.1) is 12.8 Å². The highest BCUT2D eigenvalue weighted by molar-refractivity contribution is 5.86. The van der Waals surface area contributed by atoms with Crippen LogP contribution < -0.4 is 5.32 Å². The first kappa shape index (κ1) is 13.6. The number of hydrogen-bond donors (Lipinski definition) is 2. The van der Waals surface area contributed by atoms with Crippen molar-refractivity contribution in [3.8, 4) is 0 Å². The van der Waals surface area contributed by atoms with E-state index in [-0.39, 0.29) is 18.2 Å². The van der Waals surface area contributed by atoms with E-state index in [1.165, 1.54) is 12.7 Å². The molecule has 6 heteroatoms. The summed E-state index contributed by atoms with van der Waals surface area (Å²) in [5.41, 5.74) is 0.555. The van der Waals surface area contributed by atoms with E-state index in [1.54, 1.807) is 6.07 Å². The van der Waals surface area contributed by atoms with Gasteiger partial charge in [-0.2, -0.15) is 0 Å². The molecule has 2 heterocycles. The lowest BCUT2D eigenvalue weighted by Gasteiger charge is -2.26. The van der Waals surface area contributed by atoms with Crippen molar-refractivity contribution in [2.75, 3.05) is 19.6 Å². The molecule has 0 saturated carbocycles. The van der Waals surface area contributed by atoms with Gasteiger partial charge in [0.15, 0.2) is 0 Å². The maximum Gasteiger partial charge on any atom is 0.372 e. The first-order valence-corrected chi connectivity index (χ1v) is 6.46. The summed E-state index contributed by atoms with van der Waals surface area (Å²) in [5, 5.41) is 11.8. The molecule has 0 atom stereocenters. The normalized spacial score (nSPS) is 15.5. The van der Waals surface area contributed by atoms with Crippen LogP contribution >= 0.6 is 0 Å². The van der Waals surface area contributed by atoms with Gasteiger partial charge in [0, 0.05) is 25.2 Å². The smallest absolute Gasteiger partial charge is 0.372 e. The number of carbonyl (C=O) groups is 2. The minimum Gasteiger partial charge on any atom is -0.475 e. The molecule has 6 nitrogen and oxygen atoms in total. The molecule has 19 heavy (non-hydrogen) atoms. The van der Waals surface area contributed by atoms with Crippen molar-refractivity contribution < 1.29 is 19.1 Å². The van der Waals surface area contributed by atoms with E-state index < -0.39 is 5.97 Å². The third-order valence-corrected chi connectivity index (χ3v) is 3.24. The predicted octanol–water partition coefficient (Wildman–Crippen LogP) is 1.08. The van der Waals surface area contributed by atoms with E-state index in [0.717, 1.165) is 25.9 Å². The molecule has 0 unspecified atom stereocenters. The second-order valence-corrected chi connectivity index (χ2v) is 4.63. The molecule has 0 aromatic carbocycles. The van der Waals surface area contributed by atoms with E-state index in [9.17, 15) is 9.59 Å². The fourth-order valence-electron chi connectivity index (χ4n) is 2.22. The summed E-state index contributed by atoms with van der Waals surface area (Å²) in [6.45, 7) is 2.20. The van der Waals surface area contributed by atoms with E-state index >= 15 is 0 Å². The number of carboxylic acid groups (broad SMARTS) is 1. The molecule has 1 aliphatic heterocycles. The SMILES string of the molecule is O=C(O)c1occc1CNCC(=O)N1CCCCC1. The molecule has 1 aromatic heterocycles. The van der Waals surface area contributed by atoms with Crippen molar-refractivity contribution >= 4 is 11.9 Å². The van der Waals surface area contributed by atoms with Gasteiger partial charge in [0.1, 0.15) is 0 Å². The fraction of sp³-hybridized carbons (Fsp3) is 0.538. The number of nitrogens with one attached hydrogen (secondary N) is 1. The number of piperidine rings is 1. The lowest BCUT2D eigenvalue weighted by atomic mass is 10.1. The van der Waals surface area contributed by atoms with Crippen molar-refractivity contribution in [2.24, 2.45) is 0 Å². The van der Waals surface area contributed by atoms with Crippen molar-refractivity contribution in [1.82, 2.24) is 10.2 Å². The zero-order chi connectivity index (χ0) is 13.7. The molecule has 1 aromatic rings. The predicted molar refractivity (Wildman–Crippen MR) is 67.8 cm³/mol. The Balaban J connectivity index is 1.78. The van der Waals surface area contributed by atoms with Crippen molar-refractivity contribution in [1.29, 1.82) is 0 Å². The van der Waals surface area contributed by atoms with Crippen LogP contribution in [0.3, 0.4) is 0 Å². The van der Waals surface area contributed by atoms with Gasteiger partial charge in [-0.1, -0.05) is 0 Å². The summed E-state index contributed by atoms with van der Waals surface area (Å²) in [7, 11) is 0. The number of hydrogen-bond acceptors (Lipinski definition) is 4. The Morgan fingerprint density at radius 3 is 2.74 bits per heavy atom. The lowest BCUT2D eigenvalue weighted by molar-refractivity contribution is -0.131. The number of carbonyl (C=O) groups excluding carboxylic acids is 1. The Hall–Kier alpha value is -1.82. The quantitative estimate of drug-likeness (QED) is 0.833. The number of amides is 1. The Morgan fingerprint density at radius 2 is 2.05 bits per heavy atom. The van der Waals surface area contributed by atoms with Crippen LogP contribution in [-0.2, 0) is 11.3 Å². The Morgan fingerprint density at radius 1 is 1.32 bits per heavy atom. The van der Waals surface area contributed by atoms with Crippen molar-refractivity contribution in [2.45, 2.75) is 25.8 Å². The van der Waals surface area contributed by atoms with Crippen molar-refractivity contribution in [3.63, 3.8) is 0 Å². The first-order valence-electron chi connectivity index (χ1n) is 6.46. The van der Waals surface area contributed by atoms with Crippen LogP contribution in [0.4, 0.5) is 0 Å². The highest BCUT2D eigenvalue weighted by atomic mass is 16.4. The Bertz CT molecular complexity index is 449. The highest BCUT2D eigenvalue weighted by Crippen LogP contribution is 2.10. The summed E-state index contributed by atoms with van der Waals surface area (Å²) in [5.74, 6) is -1.10. The number of rotatable bonds is 5. The third-order valence-electron chi connectivity index (χ3n) is 3.24. The summed E-state index contributed by atoms with van der Waals surface area (Å²) in [4.78, 5) is 24.6. The monoisotopic (exact) mass is 266 g/mol. The van der Waals surface area contributed by atoms with Crippen molar-refractivity contribution in [3.05, 3.63) is 23.7 Å². The third kappa shape index (κ3) is 3.57. The maximum atomic E-state index is 11.9. The summed E-state index contributed by atoms with van der Waals surface area (Å²) in [6, 6.07) is 1.60. The van der Waals surface area contributed by atoms with Crippen LogP contribution in [0.2, 0.25) is 0 Å². The molecule has 2 rings (SSSR count). The molecule has 0 spiro atoms. The zero-order valence-electron chi connectivity index (χ0n) is 10.7. The number of nitrogens with zero attached hydrogens (tertiary/aromatic N) is 1. The molecular weight excluding hydrogens is 248 g/mol. The van der Waals surface area contributed by atoms with Gasteiger partial charge in [0.2, 0.25) is 11.7 Å². The molecule has 1 amide bonds. The van der Waals surface area contributed by atoms with Crippen LogP contribution in [0.5, 0.6) is 0 Å². The molecule has 104 valence electrons. The Kier molecular flexibility index (Phi) is 4.57. The van der Waals surface area contributed by atoms with Gasteiger partial charge < -0.3 is 19.7 Å². The molecule has 0 radical (unpaired) electrons. The van der Waals surface area contributed by atoms with E-state index in [0.29, 0.717) is 12.1 Å². The van der Waals surface area contributed by atoms with Crippen LogP contribution in [0, 0.1) is 0 Å². The van der Waals surface area contributed by atoms with E-state index in [2.05, 4.69) is 5.32 Å². The van der Waals surface area contributed by atoms with Crippen LogP contribution in [0.25, 0.3) is 0 Å². The highest BCUT2D eigenvalue weighted by Gasteiger charge is 2.17. The minimum absolute atomic E-state index is 0.0695. The van der Waals surface area contributed by atoms with Gasteiger partial charge in [0.25, 0.3) is 0 Å². The molecule has 0 bridgehead atoms. The summed E-state index contributed by atoms with van der Waals surface area (Å²) >= 11 is 0. The maximum absolute atomic E-state index is 11.9. The Labute approximate surface area is 111 Å². The number of likely N-dealkylation sites (tertiary alicyclic amines) is 1. The lowest BCUT2D eigenvalue weighted by Crippen LogP contribution is -2.41. The van der Waals surface area contributed by atoms with Gasteiger partial charge >= 0.3 is 5.97 Å². The molecule has 1 saturated heterocycles. The zero-order valence-corrected chi connectivity index (χ0v) is 10.7. The van der Waals surface area contributed by atoms with Crippen LogP contribution in [0.15, 0.2) is 16.7 Å². The minimum atomic E-state index is -1.09. The molecular formula is C13H18N2O4. The van der Waals surface area contributed by atoms with Gasteiger partial charge in [-0.15, -0.1) is 0 Å². The van der Waals surface area contributed by atoms with Gasteiger partial charge in [-0.05, 0) is 25.3 Å². The number of aromatic carboxylic acids is 1. The van der Waals surface area contributed by atoms with Gasteiger partial charge in [-0.25, -0.2) is 4.79 Å². The first-order chi connectivity index (χ1) is 9.18.